The van der Waals surface area contributed by atoms with Gasteiger partial charge in [-0.3, -0.25) is 14.3 Å². The molecular formula is C13H21N4+. The minimum atomic E-state index is 0.661. The first kappa shape index (κ1) is 10.3. The molecule has 92 valence electrons. The van der Waals surface area contributed by atoms with E-state index < -0.39 is 0 Å². The average Bonchev–Trinajstić information content (AvgIpc) is 2.89. The van der Waals surface area contributed by atoms with E-state index in [-0.39, 0.29) is 0 Å². The van der Waals surface area contributed by atoms with Crippen molar-refractivity contribution in [3.8, 4) is 12.3 Å². The number of piperazine rings is 2. The van der Waals surface area contributed by atoms with Gasteiger partial charge in [0.1, 0.15) is 12.7 Å². The molecule has 0 spiro atoms. The third-order valence-electron chi connectivity index (χ3n) is 5.37. The molecule has 0 aromatic carbocycles. The summed E-state index contributed by atoms with van der Waals surface area (Å²) in [5, 5.41) is 0. The van der Waals surface area contributed by atoms with Crippen molar-refractivity contribution < 1.29 is 4.48 Å². The second-order valence-electron chi connectivity index (χ2n) is 5.96. The summed E-state index contributed by atoms with van der Waals surface area (Å²) in [5.41, 5.74) is 0. The summed E-state index contributed by atoms with van der Waals surface area (Å²) < 4.78 is 1.17. The molecule has 0 aromatic heterocycles. The van der Waals surface area contributed by atoms with Crippen LogP contribution < -0.4 is 0 Å². The molecule has 0 N–H and O–H groups in total. The number of quaternary nitrogens is 1. The van der Waals surface area contributed by atoms with Crippen LogP contribution in [0.4, 0.5) is 0 Å². The monoisotopic (exact) mass is 233 g/mol. The first-order valence-electron chi connectivity index (χ1n) is 6.85. The molecule has 4 heteroatoms. The Balaban J connectivity index is 1.74. The van der Waals surface area contributed by atoms with Gasteiger partial charge in [-0.05, 0) is 5.92 Å². The summed E-state index contributed by atoms with van der Waals surface area (Å²) in [7, 11) is 0. The second kappa shape index (κ2) is 3.46. The van der Waals surface area contributed by atoms with Gasteiger partial charge >= 0.3 is 0 Å². The predicted octanol–water partition coefficient (Wildman–Crippen LogP) is -0.951. The topological polar surface area (TPSA) is 9.72 Å². The summed E-state index contributed by atoms with van der Waals surface area (Å²) in [6.45, 7) is 11.0. The van der Waals surface area contributed by atoms with E-state index in [1.54, 1.807) is 0 Å². The predicted molar refractivity (Wildman–Crippen MR) is 66.0 cm³/mol. The maximum Gasteiger partial charge on any atom is 0.176 e. The van der Waals surface area contributed by atoms with Crippen molar-refractivity contribution in [3.63, 3.8) is 0 Å². The Bertz CT molecular complexity index is 370. The molecule has 4 saturated heterocycles. The van der Waals surface area contributed by atoms with E-state index in [1.807, 2.05) is 0 Å². The van der Waals surface area contributed by atoms with Gasteiger partial charge in [0.05, 0.1) is 19.6 Å². The maximum absolute atomic E-state index is 5.63. The largest absolute Gasteiger partial charge is 0.294 e. The van der Waals surface area contributed by atoms with Crippen molar-refractivity contribution in [2.45, 2.75) is 12.3 Å². The minimum Gasteiger partial charge on any atom is -0.294 e. The van der Waals surface area contributed by atoms with Crippen LogP contribution in [0.15, 0.2) is 0 Å². The molecule has 0 amide bonds. The number of hydrogen-bond donors (Lipinski definition) is 0. The van der Waals surface area contributed by atoms with Crippen molar-refractivity contribution in [1.29, 1.82) is 0 Å². The lowest BCUT2D eigenvalue weighted by Gasteiger charge is -2.53. The Labute approximate surface area is 103 Å². The Hall–Kier alpha value is -0.600. The van der Waals surface area contributed by atoms with E-state index in [1.165, 1.54) is 56.8 Å². The van der Waals surface area contributed by atoms with Gasteiger partial charge in [0, 0.05) is 32.7 Å². The van der Waals surface area contributed by atoms with Gasteiger partial charge in [0.2, 0.25) is 0 Å². The highest BCUT2D eigenvalue weighted by molar-refractivity contribution is 4.99. The van der Waals surface area contributed by atoms with Crippen LogP contribution in [0.3, 0.4) is 0 Å². The van der Waals surface area contributed by atoms with Crippen LogP contribution in [0.5, 0.6) is 0 Å². The Morgan fingerprint density at radius 3 is 2.24 bits per heavy atom. The number of rotatable bonds is 1. The summed E-state index contributed by atoms with van der Waals surface area (Å²) in [5.74, 6) is 2.95. The Kier molecular flexibility index (Phi) is 2.10. The standard InChI is InChI=1S/C13H21N4/c1-2-9-17-10-7-15-4-3-14-5-6-16(8-11-17)13(17)12(14)15/h1,12-13H,3-11H2/q+1. The fraction of sp³-hybridized carbons (Fsp3) is 0.846. The SMILES string of the molecule is C#CC[N+]12CCN3CCN4CCN(CC1)C2C43. The first-order chi connectivity index (χ1) is 8.34. The summed E-state index contributed by atoms with van der Waals surface area (Å²) in [6.07, 6.45) is 6.96. The molecule has 17 heavy (non-hydrogen) atoms. The Morgan fingerprint density at radius 1 is 0.941 bits per heavy atom. The van der Waals surface area contributed by atoms with Crippen LogP contribution in [-0.2, 0) is 0 Å². The molecule has 4 aliphatic heterocycles. The lowest BCUT2D eigenvalue weighted by molar-refractivity contribution is -0.947. The zero-order chi connectivity index (χ0) is 11.5. The fourth-order valence-electron chi connectivity index (χ4n) is 4.53. The average molecular weight is 233 g/mol. The van der Waals surface area contributed by atoms with E-state index in [0.29, 0.717) is 12.3 Å². The molecule has 0 bridgehead atoms. The van der Waals surface area contributed by atoms with E-state index in [9.17, 15) is 0 Å². The fourth-order valence-corrected chi connectivity index (χ4v) is 4.53. The van der Waals surface area contributed by atoms with Gasteiger partial charge < -0.3 is 0 Å². The summed E-state index contributed by atoms with van der Waals surface area (Å²) in [4.78, 5) is 8.08. The molecule has 3 unspecified atom stereocenters. The third-order valence-corrected chi connectivity index (χ3v) is 5.37. The molecule has 4 fully saturated rings. The van der Waals surface area contributed by atoms with E-state index in [0.717, 1.165) is 6.54 Å². The molecule has 0 saturated carbocycles. The van der Waals surface area contributed by atoms with Gasteiger partial charge in [-0.2, -0.15) is 0 Å². The van der Waals surface area contributed by atoms with Crippen LogP contribution in [0, 0.1) is 12.3 Å². The quantitative estimate of drug-likeness (QED) is 0.427. The van der Waals surface area contributed by atoms with E-state index in [2.05, 4.69) is 20.6 Å². The lowest BCUT2D eigenvalue weighted by Crippen LogP contribution is -2.73. The highest BCUT2D eigenvalue weighted by Gasteiger charge is 2.59. The van der Waals surface area contributed by atoms with Gasteiger partial charge in [0.15, 0.2) is 6.17 Å². The van der Waals surface area contributed by atoms with Crippen LogP contribution in [0.25, 0.3) is 0 Å². The molecular weight excluding hydrogens is 212 g/mol. The lowest BCUT2D eigenvalue weighted by atomic mass is 10.1. The van der Waals surface area contributed by atoms with Crippen LogP contribution in [-0.4, -0.2) is 90.4 Å². The van der Waals surface area contributed by atoms with Crippen LogP contribution in [0.2, 0.25) is 0 Å². The molecule has 0 aliphatic carbocycles. The molecule has 4 nitrogen and oxygen atoms in total. The van der Waals surface area contributed by atoms with Gasteiger partial charge in [0.25, 0.3) is 0 Å². The number of hydrogen-bond acceptors (Lipinski definition) is 3. The highest BCUT2D eigenvalue weighted by Crippen LogP contribution is 2.38. The zero-order valence-corrected chi connectivity index (χ0v) is 10.4. The molecule has 3 atom stereocenters. The third kappa shape index (κ3) is 1.23. The molecule has 4 heterocycles. The van der Waals surface area contributed by atoms with Gasteiger partial charge in [-0.15, -0.1) is 6.42 Å². The van der Waals surface area contributed by atoms with Gasteiger partial charge in [-0.25, -0.2) is 4.90 Å². The summed E-state index contributed by atoms with van der Waals surface area (Å²) >= 11 is 0. The van der Waals surface area contributed by atoms with E-state index in [4.69, 9.17) is 6.42 Å². The molecule has 0 aromatic rings. The molecule has 0 radical (unpaired) electrons. The minimum absolute atomic E-state index is 0.661. The van der Waals surface area contributed by atoms with E-state index >= 15 is 0 Å². The summed E-state index contributed by atoms with van der Waals surface area (Å²) in [6, 6.07) is 0. The normalized spacial score (nSPS) is 45.8. The first-order valence-corrected chi connectivity index (χ1v) is 6.85. The zero-order valence-electron chi connectivity index (χ0n) is 10.4. The number of nitrogens with zero attached hydrogens (tertiary/aromatic N) is 4. The molecule has 4 rings (SSSR count). The van der Waals surface area contributed by atoms with Crippen molar-refractivity contribution in [1.82, 2.24) is 14.7 Å². The second-order valence-corrected chi connectivity index (χ2v) is 5.96. The van der Waals surface area contributed by atoms with Crippen molar-refractivity contribution in [2.24, 2.45) is 0 Å². The van der Waals surface area contributed by atoms with Crippen molar-refractivity contribution in [3.05, 3.63) is 0 Å². The smallest absolute Gasteiger partial charge is 0.176 e. The highest BCUT2D eigenvalue weighted by atomic mass is 15.6. The van der Waals surface area contributed by atoms with Crippen molar-refractivity contribution in [2.75, 3.05) is 58.9 Å². The van der Waals surface area contributed by atoms with Crippen LogP contribution >= 0.6 is 0 Å². The van der Waals surface area contributed by atoms with Crippen molar-refractivity contribution >= 4 is 0 Å². The van der Waals surface area contributed by atoms with Crippen LogP contribution in [0.1, 0.15) is 0 Å². The Morgan fingerprint density at radius 2 is 1.53 bits per heavy atom. The number of terminal acetylenes is 1. The maximum atomic E-state index is 5.63. The molecule has 4 aliphatic rings. The van der Waals surface area contributed by atoms with Gasteiger partial charge in [-0.1, -0.05) is 0 Å².